The molecule has 0 unspecified atom stereocenters. The molecule has 0 spiro atoms. The van der Waals surface area contributed by atoms with Gasteiger partial charge in [-0.05, 0) is 0 Å². The van der Waals surface area contributed by atoms with Crippen LogP contribution in [0.4, 0.5) is 11.4 Å². The summed E-state index contributed by atoms with van der Waals surface area (Å²) in [7, 11) is 0. The molecule has 0 aliphatic heterocycles. The maximum absolute atomic E-state index is 10.9. The maximum atomic E-state index is 10.9. The Kier molecular flexibility index (Phi) is 4.03. The molecule has 18 heavy (non-hydrogen) atoms. The van der Waals surface area contributed by atoms with Crippen molar-refractivity contribution in [3.63, 3.8) is 0 Å². The molecule has 0 aromatic heterocycles. The Morgan fingerprint density at radius 1 is 1.00 bits per heavy atom. The van der Waals surface area contributed by atoms with Crippen molar-refractivity contribution in [2.75, 3.05) is 11.1 Å². The van der Waals surface area contributed by atoms with Crippen molar-refractivity contribution in [1.29, 1.82) is 0 Å². The molecular formula is C14H14N2OSe. The predicted octanol–water partition coefficient (Wildman–Crippen LogP) is 0.882. The fourth-order valence-electron chi connectivity index (χ4n) is 1.48. The Morgan fingerprint density at radius 3 is 2.00 bits per heavy atom. The standard InChI is InChI=1S/C14H14N2OSe/c1-10(17)16-12-4-8-14(9-5-12)18-13-6-2-11(15)3-7-13/h2-9H,15H2,1H3,(H,16,17). The Labute approximate surface area is 113 Å². The van der Waals surface area contributed by atoms with Crippen molar-refractivity contribution in [3.8, 4) is 0 Å². The molecular weight excluding hydrogens is 291 g/mol. The average Bonchev–Trinajstić information content (AvgIpc) is 2.34. The van der Waals surface area contributed by atoms with Gasteiger partial charge in [-0.15, -0.1) is 0 Å². The van der Waals surface area contributed by atoms with E-state index >= 15 is 0 Å². The molecule has 1 amide bonds. The summed E-state index contributed by atoms with van der Waals surface area (Å²) in [6.45, 7) is 1.51. The zero-order valence-electron chi connectivity index (χ0n) is 10.0. The van der Waals surface area contributed by atoms with Crippen molar-refractivity contribution in [3.05, 3.63) is 48.5 Å². The minimum atomic E-state index is -0.0493. The first-order chi connectivity index (χ1) is 8.63. The van der Waals surface area contributed by atoms with Crippen LogP contribution in [-0.4, -0.2) is 20.9 Å². The number of nitrogen functional groups attached to an aromatic ring is 1. The van der Waals surface area contributed by atoms with Crippen LogP contribution in [0.1, 0.15) is 6.92 Å². The molecule has 0 fully saturated rings. The number of nitrogens with two attached hydrogens (primary N) is 1. The van der Waals surface area contributed by atoms with E-state index < -0.39 is 0 Å². The topological polar surface area (TPSA) is 55.1 Å². The third-order valence-electron chi connectivity index (χ3n) is 2.29. The molecule has 0 bridgehead atoms. The van der Waals surface area contributed by atoms with Gasteiger partial charge < -0.3 is 0 Å². The van der Waals surface area contributed by atoms with Crippen molar-refractivity contribution in [2.45, 2.75) is 6.92 Å². The van der Waals surface area contributed by atoms with Gasteiger partial charge in [0, 0.05) is 0 Å². The second-order valence-electron chi connectivity index (χ2n) is 3.88. The number of carbonyl (C=O) groups excluding carboxylic acids is 1. The van der Waals surface area contributed by atoms with Crippen LogP contribution in [0.5, 0.6) is 0 Å². The van der Waals surface area contributed by atoms with E-state index in [9.17, 15) is 4.79 Å². The van der Waals surface area contributed by atoms with Crippen molar-refractivity contribution < 1.29 is 4.79 Å². The molecule has 0 aliphatic rings. The zero-order chi connectivity index (χ0) is 13.0. The molecule has 0 saturated carbocycles. The summed E-state index contributed by atoms with van der Waals surface area (Å²) in [6, 6.07) is 15.9. The zero-order valence-corrected chi connectivity index (χ0v) is 11.7. The van der Waals surface area contributed by atoms with Crippen LogP contribution in [-0.2, 0) is 4.79 Å². The number of carbonyl (C=O) groups is 1. The predicted molar refractivity (Wildman–Crippen MR) is 76.6 cm³/mol. The third kappa shape index (κ3) is 3.62. The van der Waals surface area contributed by atoms with E-state index in [2.05, 4.69) is 17.4 Å². The van der Waals surface area contributed by atoms with Gasteiger partial charge in [0.25, 0.3) is 0 Å². The van der Waals surface area contributed by atoms with Gasteiger partial charge in [0.05, 0.1) is 0 Å². The molecule has 0 atom stereocenters. The van der Waals surface area contributed by atoms with Gasteiger partial charge in [-0.3, -0.25) is 0 Å². The SMILES string of the molecule is CC(=O)Nc1ccc([Se]c2ccc(N)cc2)cc1. The van der Waals surface area contributed by atoms with E-state index in [-0.39, 0.29) is 20.9 Å². The number of anilines is 2. The van der Waals surface area contributed by atoms with Crippen LogP contribution < -0.4 is 20.0 Å². The molecule has 0 heterocycles. The molecule has 0 radical (unpaired) electrons. The number of rotatable bonds is 3. The van der Waals surface area contributed by atoms with Gasteiger partial charge >= 0.3 is 112 Å². The first-order valence-corrected chi connectivity index (χ1v) is 7.26. The van der Waals surface area contributed by atoms with E-state index in [1.807, 2.05) is 36.4 Å². The summed E-state index contributed by atoms with van der Waals surface area (Å²) in [5.74, 6) is -0.0493. The Bertz CT molecular complexity index is 535. The fraction of sp³-hybridized carbons (Fsp3) is 0.0714. The van der Waals surface area contributed by atoms with Gasteiger partial charge in [0.1, 0.15) is 0 Å². The monoisotopic (exact) mass is 306 g/mol. The van der Waals surface area contributed by atoms with Crippen LogP contribution in [0.3, 0.4) is 0 Å². The Balaban J connectivity index is 2.06. The fourth-order valence-corrected chi connectivity index (χ4v) is 3.19. The van der Waals surface area contributed by atoms with Crippen LogP contribution >= 0.6 is 0 Å². The van der Waals surface area contributed by atoms with Crippen molar-refractivity contribution >= 4 is 41.2 Å². The Hall–Kier alpha value is -1.77. The van der Waals surface area contributed by atoms with Crippen LogP contribution in [0.25, 0.3) is 0 Å². The molecule has 2 aromatic rings. The first kappa shape index (κ1) is 12.7. The third-order valence-corrected chi connectivity index (χ3v) is 4.42. The van der Waals surface area contributed by atoms with E-state index in [1.165, 1.54) is 15.8 Å². The van der Waals surface area contributed by atoms with Crippen LogP contribution in [0, 0.1) is 0 Å². The van der Waals surface area contributed by atoms with Gasteiger partial charge in [-0.25, -0.2) is 0 Å². The van der Waals surface area contributed by atoms with Crippen LogP contribution in [0.15, 0.2) is 48.5 Å². The molecule has 2 rings (SSSR count). The molecule has 92 valence electrons. The van der Waals surface area contributed by atoms with Gasteiger partial charge in [0.15, 0.2) is 0 Å². The number of hydrogen-bond donors (Lipinski definition) is 2. The summed E-state index contributed by atoms with van der Waals surface area (Å²) in [5, 5.41) is 2.75. The van der Waals surface area contributed by atoms with Gasteiger partial charge in [-0.2, -0.15) is 0 Å². The van der Waals surface area contributed by atoms with E-state index in [0.29, 0.717) is 0 Å². The number of benzene rings is 2. The van der Waals surface area contributed by atoms with E-state index in [4.69, 9.17) is 5.73 Å². The molecule has 3 N–H and O–H groups in total. The molecule has 3 nitrogen and oxygen atoms in total. The number of hydrogen-bond acceptors (Lipinski definition) is 2. The molecule has 0 aliphatic carbocycles. The summed E-state index contributed by atoms with van der Waals surface area (Å²) >= 11 is 0.266. The van der Waals surface area contributed by atoms with E-state index in [1.54, 1.807) is 0 Å². The first-order valence-electron chi connectivity index (χ1n) is 5.54. The average molecular weight is 305 g/mol. The summed E-state index contributed by atoms with van der Waals surface area (Å²) in [5.41, 5.74) is 7.27. The molecule has 4 heteroatoms. The second-order valence-corrected chi connectivity index (χ2v) is 6.28. The molecule has 2 aromatic carbocycles. The summed E-state index contributed by atoms with van der Waals surface area (Å²) in [4.78, 5) is 10.9. The number of amides is 1. The quantitative estimate of drug-likeness (QED) is 0.653. The second kappa shape index (κ2) is 5.71. The number of nitrogens with one attached hydrogen (secondary N) is 1. The van der Waals surface area contributed by atoms with E-state index in [0.717, 1.165) is 11.4 Å². The van der Waals surface area contributed by atoms with Gasteiger partial charge in [0.2, 0.25) is 0 Å². The van der Waals surface area contributed by atoms with Gasteiger partial charge in [-0.1, -0.05) is 0 Å². The van der Waals surface area contributed by atoms with Crippen LogP contribution in [0.2, 0.25) is 0 Å². The summed E-state index contributed by atoms with van der Waals surface area (Å²) in [6.07, 6.45) is 0. The normalized spacial score (nSPS) is 10.1. The minimum absolute atomic E-state index is 0.0493. The van der Waals surface area contributed by atoms with Crippen molar-refractivity contribution in [2.24, 2.45) is 0 Å². The van der Waals surface area contributed by atoms with Crippen molar-refractivity contribution in [1.82, 2.24) is 0 Å². The Morgan fingerprint density at radius 2 is 1.50 bits per heavy atom. The summed E-state index contributed by atoms with van der Waals surface area (Å²) < 4.78 is 2.55. The molecule has 0 saturated heterocycles.